The molecule has 0 saturated heterocycles. The van der Waals surface area contributed by atoms with Crippen molar-refractivity contribution in [3.63, 3.8) is 0 Å². The van der Waals surface area contributed by atoms with Crippen molar-refractivity contribution in [2.45, 2.75) is 31.2 Å². The van der Waals surface area contributed by atoms with E-state index in [0.29, 0.717) is 0 Å². The number of hydrogen-bond acceptors (Lipinski definition) is 5. The summed E-state index contributed by atoms with van der Waals surface area (Å²) in [6, 6.07) is 6.41. The zero-order valence-corrected chi connectivity index (χ0v) is 16.1. The molecular formula is C17H20FN5O3S. The quantitative estimate of drug-likeness (QED) is 0.671. The van der Waals surface area contributed by atoms with E-state index in [1.54, 1.807) is 26.8 Å². The smallest absolute Gasteiger partial charge is 0.272 e. The van der Waals surface area contributed by atoms with E-state index in [0.717, 1.165) is 12.1 Å². The summed E-state index contributed by atoms with van der Waals surface area (Å²) in [5.41, 5.74) is 2.36. The molecule has 0 fully saturated rings. The van der Waals surface area contributed by atoms with Crippen LogP contribution in [0.1, 0.15) is 36.8 Å². The van der Waals surface area contributed by atoms with Crippen molar-refractivity contribution in [3.05, 3.63) is 47.5 Å². The van der Waals surface area contributed by atoms with Gasteiger partial charge < -0.3 is 9.88 Å². The summed E-state index contributed by atoms with van der Waals surface area (Å²) in [6.07, 6.45) is 1.29. The van der Waals surface area contributed by atoms with Crippen molar-refractivity contribution in [3.8, 4) is 6.07 Å². The summed E-state index contributed by atoms with van der Waals surface area (Å²) < 4.78 is 39.5. The highest BCUT2D eigenvalue weighted by Gasteiger charge is 2.22. The molecule has 8 nitrogen and oxygen atoms in total. The van der Waals surface area contributed by atoms with E-state index < -0.39 is 27.3 Å². The highest BCUT2D eigenvalue weighted by Crippen LogP contribution is 2.17. The average Bonchev–Trinajstić information content (AvgIpc) is 2.94. The number of halogens is 1. The molecule has 10 heteroatoms. The molecule has 1 heterocycles. The number of anilines is 1. The number of hydrogen-bond donors (Lipinski definition) is 3. The Morgan fingerprint density at radius 1 is 1.22 bits per heavy atom. The Hall–Kier alpha value is -2.74. The predicted molar refractivity (Wildman–Crippen MR) is 97.7 cm³/mol. The van der Waals surface area contributed by atoms with Gasteiger partial charge in [-0.1, -0.05) is 0 Å². The van der Waals surface area contributed by atoms with Crippen LogP contribution in [0.4, 0.5) is 10.1 Å². The summed E-state index contributed by atoms with van der Waals surface area (Å²) >= 11 is 0. The monoisotopic (exact) mass is 393 g/mol. The summed E-state index contributed by atoms with van der Waals surface area (Å²) in [7, 11) is -2.37. The topological polar surface area (TPSA) is 116 Å². The van der Waals surface area contributed by atoms with E-state index >= 15 is 0 Å². The van der Waals surface area contributed by atoms with Crippen LogP contribution in [0.5, 0.6) is 0 Å². The SMILES string of the molecule is Cn1cc(S(=O)(=O)NNC(C)(C)C)cc1C(=O)Nc1cc(F)cc(C#N)c1. The Balaban J connectivity index is 2.24. The molecule has 144 valence electrons. The number of carbonyl (C=O) groups is 1. The Bertz CT molecular complexity index is 1020. The summed E-state index contributed by atoms with van der Waals surface area (Å²) in [5.74, 6) is -1.31. The Morgan fingerprint density at radius 2 is 1.89 bits per heavy atom. The number of aryl methyl sites for hydroxylation is 1. The molecule has 1 amide bonds. The normalized spacial score (nSPS) is 11.9. The molecule has 0 unspecified atom stereocenters. The van der Waals surface area contributed by atoms with E-state index in [1.165, 1.54) is 29.9 Å². The van der Waals surface area contributed by atoms with Crippen molar-refractivity contribution in [2.24, 2.45) is 7.05 Å². The maximum Gasteiger partial charge on any atom is 0.272 e. The van der Waals surface area contributed by atoms with Crippen molar-refractivity contribution < 1.29 is 17.6 Å². The fraction of sp³-hybridized carbons (Fsp3) is 0.294. The molecule has 0 aliphatic heterocycles. The second kappa shape index (κ2) is 7.48. The average molecular weight is 393 g/mol. The number of amides is 1. The van der Waals surface area contributed by atoms with Gasteiger partial charge in [0.15, 0.2) is 0 Å². The lowest BCUT2D eigenvalue weighted by molar-refractivity contribution is 0.101. The second-order valence-electron chi connectivity index (χ2n) is 6.95. The van der Waals surface area contributed by atoms with Gasteiger partial charge in [-0.2, -0.15) is 5.26 Å². The highest BCUT2D eigenvalue weighted by molar-refractivity contribution is 7.89. The van der Waals surface area contributed by atoms with Crippen LogP contribution in [0.3, 0.4) is 0 Å². The van der Waals surface area contributed by atoms with E-state index in [1.807, 2.05) is 0 Å². The predicted octanol–water partition coefficient (Wildman–Crippen LogP) is 1.87. The lowest BCUT2D eigenvalue weighted by Gasteiger charge is -2.20. The van der Waals surface area contributed by atoms with Gasteiger partial charge in [0, 0.05) is 24.5 Å². The lowest BCUT2D eigenvalue weighted by Crippen LogP contribution is -2.48. The van der Waals surface area contributed by atoms with Gasteiger partial charge in [-0.3, -0.25) is 4.79 Å². The van der Waals surface area contributed by atoms with E-state index in [-0.39, 0.29) is 21.8 Å². The van der Waals surface area contributed by atoms with E-state index in [4.69, 9.17) is 5.26 Å². The number of nitrogens with one attached hydrogen (secondary N) is 3. The molecule has 27 heavy (non-hydrogen) atoms. The molecule has 1 aromatic heterocycles. The fourth-order valence-electron chi connectivity index (χ4n) is 2.11. The van der Waals surface area contributed by atoms with Gasteiger partial charge in [0.2, 0.25) is 0 Å². The molecule has 0 aliphatic rings. The molecule has 2 aromatic rings. The Kier molecular flexibility index (Phi) is 5.70. The van der Waals surface area contributed by atoms with Gasteiger partial charge in [-0.15, -0.1) is 4.83 Å². The van der Waals surface area contributed by atoms with Gasteiger partial charge in [0.25, 0.3) is 15.9 Å². The summed E-state index contributed by atoms with van der Waals surface area (Å²) in [6.45, 7) is 5.36. The number of sulfonamides is 1. The Labute approximate surface area is 157 Å². The number of benzene rings is 1. The van der Waals surface area contributed by atoms with Crippen LogP contribution in [0.25, 0.3) is 0 Å². The van der Waals surface area contributed by atoms with Crippen molar-refractivity contribution in [1.82, 2.24) is 14.8 Å². The van der Waals surface area contributed by atoms with Crippen LogP contribution in [0, 0.1) is 17.1 Å². The van der Waals surface area contributed by atoms with Gasteiger partial charge in [0.05, 0.1) is 11.6 Å². The summed E-state index contributed by atoms with van der Waals surface area (Å²) in [4.78, 5) is 14.6. The maximum absolute atomic E-state index is 13.5. The number of rotatable bonds is 5. The van der Waals surface area contributed by atoms with Crippen molar-refractivity contribution >= 4 is 21.6 Å². The minimum absolute atomic E-state index is 0.0499. The zero-order chi connectivity index (χ0) is 20.4. The summed E-state index contributed by atoms with van der Waals surface area (Å²) in [5, 5.41) is 11.3. The second-order valence-corrected chi connectivity index (χ2v) is 8.63. The first-order valence-electron chi connectivity index (χ1n) is 7.89. The Morgan fingerprint density at radius 3 is 2.48 bits per heavy atom. The standard InChI is InChI=1S/C17H20FN5O3S/c1-17(2,3)21-22-27(25,26)14-8-15(23(4)10-14)16(24)20-13-6-11(9-19)5-12(18)7-13/h5-8,10,21-22H,1-4H3,(H,20,24). The molecule has 1 aromatic carbocycles. The van der Waals surface area contributed by atoms with Crippen LogP contribution in [0.2, 0.25) is 0 Å². The van der Waals surface area contributed by atoms with Crippen LogP contribution < -0.4 is 15.6 Å². The molecule has 0 radical (unpaired) electrons. The number of carbonyl (C=O) groups excluding carboxylic acids is 1. The molecule has 2 rings (SSSR count). The van der Waals surface area contributed by atoms with Gasteiger partial charge in [0.1, 0.15) is 16.4 Å². The van der Waals surface area contributed by atoms with Crippen molar-refractivity contribution in [1.29, 1.82) is 5.26 Å². The molecule has 0 spiro atoms. The molecular weight excluding hydrogens is 373 g/mol. The molecule has 0 saturated carbocycles. The van der Waals surface area contributed by atoms with Crippen LogP contribution in [-0.2, 0) is 17.1 Å². The minimum atomic E-state index is -3.88. The number of aromatic nitrogens is 1. The first kappa shape index (κ1) is 20.6. The van der Waals surface area contributed by atoms with E-state index in [9.17, 15) is 17.6 Å². The first-order valence-corrected chi connectivity index (χ1v) is 9.37. The zero-order valence-electron chi connectivity index (χ0n) is 15.3. The number of nitriles is 1. The van der Waals surface area contributed by atoms with Gasteiger partial charge >= 0.3 is 0 Å². The van der Waals surface area contributed by atoms with Crippen molar-refractivity contribution in [2.75, 3.05) is 5.32 Å². The molecule has 0 atom stereocenters. The highest BCUT2D eigenvalue weighted by atomic mass is 32.2. The molecule has 0 aliphatic carbocycles. The van der Waals surface area contributed by atoms with Gasteiger partial charge in [-0.25, -0.2) is 18.2 Å². The first-order chi connectivity index (χ1) is 12.4. The van der Waals surface area contributed by atoms with Crippen LogP contribution in [0.15, 0.2) is 35.4 Å². The third-order valence-electron chi connectivity index (χ3n) is 3.37. The van der Waals surface area contributed by atoms with Crippen LogP contribution in [-0.4, -0.2) is 24.4 Å². The maximum atomic E-state index is 13.5. The van der Waals surface area contributed by atoms with Crippen LogP contribution >= 0.6 is 0 Å². The van der Waals surface area contributed by atoms with Gasteiger partial charge in [-0.05, 0) is 45.0 Å². The third kappa shape index (κ3) is 5.37. The largest absolute Gasteiger partial charge is 0.345 e. The molecule has 3 N–H and O–H groups in total. The number of hydrazine groups is 1. The molecule has 0 bridgehead atoms. The minimum Gasteiger partial charge on any atom is -0.345 e. The lowest BCUT2D eigenvalue weighted by atomic mass is 10.1. The van der Waals surface area contributed by atoms with E-state index in [2.05, 4.69) is 15.6 Å². The number of nitrogens with zero attached hydrogens (tertiary/aromatic N) is 2. The third-order valence-corrected chi connectivity index (χ3v) is 4.58. The fourth-order valence-corrected chi connectivity index (χ4v) is 3.23.